The molecule has 0 fully saturated rings. The van der Waals surface area contributed by atoms with Crippen LogP contribution >= 0.6 is 0 Å². The minimum absolute atomic E-state index is 0.901. The molecule has 3 nitrogen and oxygen atoms in total. The summed E-state index contributed by atoms with van der Waals surface area (Å²) in [6.07, 6.45) is 0. The number of fused-ring (bicyclic) bond motifs is 4. The van der Waals surface area contributed by atoms with Gasteiger partial charge in [0.15, 0.2) is 0 Å². The zero-order valence-electron chi connectivity index (χ0n) is 20.0. The molecule has 0 saturated heterocycles. The van der Waals surface area contributed by atoms with E-state index in [2.05, 4.69) is 76.7 Å². The molecule has 1 aliphatic heterocycles. The van der Waals surface area contributed by atoms with Gasteiger partial charge in [0.25, 0.3) is 11.7 Å². The van der Waals surface area contributed by atoms with Gasteiger partial charge in [-0.25, -0.2) is 4.58 Å². The first-order valence-corrected chi connectivity index (χ1v) is 10.6. The van der Waals surface area contributed by atoms with Gasteiger partial charge in [0, 0.05) is 0 Å². The van der Waals surface area contributed by atoms with Gasteiger partial charge < -0.3 is 0 Å². The Morgan fingerprint density at radius 3 is 1.47 bits per heavy atom. The van der Waals surface area contributed by atoms with Crippen LogP contribution in [-0.4, -0.2) is 37.1 Å². The molecule has 0 saturated carbocycles. The standard InChI is InChI=1S/C27H32N3/c1-12-13(2)15(4)22-20(14(12)3)16(5)17(6)21-18(7)24-25(19(8)23(21)22)27(29-10)30(11)26(24)28-9/h9H2,1-8,10-11H3/q+1. The fourth-order valence-corrected chi connectivity index (χ4v) is 5.69. The molecule has 30 heavy (non-hydrogen) atoms. The number of aliphatic imine (C=N–C) groups is 2. The Kier molecular flexibility index (Phi) is 4.50. The lowest BCUT2D eigenvalue weighted by Gasteiger charge is -2.23. The van der Waals surface area contributed by atoms with Crippen LogP contribution in [-0.2, 0) is 0 Å². The maximum absolute atomic E-state index is 4.64. The highest BCUT2D eigenvalue weighted by atomic mass is 15.1. The Balaban J connectivity index is 2.44. The zero-order chi connectivity index (χ0) is 22.2. The average molecular weight is 399 g/mol. The highest BCUT2D eigenvalue weighted by Crippen LogP contribution is 2.44. The van der Waals surface area contributed by atoms with Crippen LogP contribution in [0.3, 0.4) is 0 Å². The third kappa shape index (κ3) is 2.24. The van der Waals surface area contributed by atoms with Crippen LogP contribution in [0.2, 0.25) is 0 Å². The monoisotopic (exact) mass is 398 g/mol. The number of benzene rings is 3. The summed E-state index contributed by atoms with van der Waals surface area (Å²) in [6, 6.07) is 0. The molecule has 1 aliphatic rings. The number of hydrogen-bond acceptors (Lipinski definition) is 2. The normalized spacial score (nSPS) is 15.1. The first-order valence-electron chi connectivity index (χ1n) is 10.6. The summed E-state index contributed by atoms with van der Waals surface area (Å²) >= 11 is 0. The lowest BCUT2D eigenvalue weighted by Crippen LogP contribution is -2.16. The topological polar surface area (TPSA) is 27.7 Å². The van der Waals surface area contributed by atoms with Crippen molar-refractivity contribution < 1.29 is 4.58 Å². The molecule has 0 aliphatic carbocycles. The van der Waals surface area contributed by atoms with E-state index in [0.717, 1.165) is 11.7 Å². The van der Waals surface area contributed by atoms with Crippen molar-refractivity contribution in [1.29, 1.82) is 0 Å². The third-order valence-electron chi connectivity index (χ3n) is 7.69. The predicted octanol–water partition coefficient (Wildman–Crippen LogP) is 5.94. The Labute approximate surface area is 179 Å². The summed E-state index contributed by atoms with van der Waals surface area (Å²) < 4.78 is 2.08. The maximum Gasteiger partial charge on any atom is 0.270 e. The van der Waals surface area contributed by atoms with Gasteiger partial charge in [-0.05, 0) is 121 Å². The summed E-state index contributed by atoms with van der Waals surface area (Å²) in [6.45, 7) is 22.0. The Hall–Kier alpha value is -2.81. The third-order valence-corrected chi connectivity index (χ3v) is 7.69. The molecule has 0 amide bonds. The minimum Gasteiger partial charge on any atom is -0.229 e. The molecule has 0 spiro atoms. The van der Waals surface area contributed by atoms with Crippen LogP contribution < -0.4 is 0 Å². The molecule has 0 aromatic heterocycles. The average Bonchev–Trinajstić information content (AvgIpc) is 3.02. The molecule has 0 bridgehead atoms. The van der Waals surface area contributed by atoms with E-state index >= 15 is 0 Å². The van der Waals surface area contributed by atoms with Crippen molar-refractivity contribution in [3.8, 4) is 0 Å². The zero-order valence-corrected chi connectivity index (χ0v) is 20.0. The highest BCUT2D eigenvalue weighted by molar-refractivity contribution is 6.24. The Bertz CT molecular complexity index is 1380. The van der Waals surface area contributed by atoms with Crippen molar-refractivity contribution in [2.45, 2.75) is 55.4 Å². The molecule has 4 rings (SSSR count). The first kappa shape index (κ1) is 20.5. The molecule has 0 N–H and O–H groups in total. The number of amidine groups is 2. The fraction of sp³-hybridized carbons (Fsp3) is 0.370. The van der Waals surface area contributed by atoms with E-state index in [-0.39, 0.29) is 0 Å². The smallest absolute Gasteiger partial charge is 0.229 e. The summed E-state index contributed by atoms with van der Waals surface area (Å²) in [7, 11) is 3.90. The second kappa shape index (κ2) is 6.60. The van der Waals surface area contributed by atoms with Crippen molar-refractivity contribution in [2.75, 3.05) is 14.1 Å². The summed E-state index contributed by atoms with van der Waals surface area (Å²) in [5.41, 5.74) is 13.3. The summed E-state index contributed by atoms with van der Waals surface area (Å²) in [4.78, 5) is 9.04. The van der Waals surface area contributed by atoms with E-state index in [1.165, 1.54) is 77.2 Å². The van der Waals surface area contributed by atoms with Crippen LogP contribution in [0.4, 0.5) is 0 Å². The summed E-state index contributed by atoms with van der Waals surface area (Å²) in [5.74, 6) is 1.87. The van der Waals surface area contributed by atoms with E-state index in [0.29, 0.717) is 0 Å². The van der Waals surface area contributed by atoms with Crippen molar-refractivity contribution in [3.63, 3.8) is 0 Å². The minimum atomic E-state index is 0.901. The van der Waals surface area contributed by atoms with E-state index in [4.69, 9.17) is 0 Å². The van der Waals surface area contributed by atoms with Crippen molar-refractivity contribution in [3.05, 3.63) is 55.6 Å². The van der Waals surface area contributed by atoms with Crippen molar-refractivity contribution in [1.82, 2.24) is 0 Å². The van der Waals surface area contributed by atoms with Crippen LogP contribution in [0, 0.1) is 55.4 Å². The summed E-state index contributed by atoms with van der Waals surface area (Å²) in [5, 5.41) is 5.53. The molecule has 1 heterocycles. The second-order valence-electron chi connectivity index (χ2n) is 8.84. The molecule has 3 heteroatoms. The molecule has 0 radical (unpaired) electrons. The SMILES string of the molecule is C=NC1=[N+](C)C(=NC)c2c1c(C)c1c(C)c(C)c3c(C)c(C)c(C)c(C)c3c1c2C. The highest BCUT2D eigenvalue weighted by Gasteiger charge is 2.36. The van der Waals surface area contributed by atoms with E-state index in [1.807, 2.05) is 14.1 Å². The van der Waals surface area contributed by atoms with Crippen molar-refractivity contribution >= 4 is 39.9 Å². The van der Waals surface area contributed by atoms with Gasteiger partial charge in [-0.1, -0.05) is 0 Å². The largest absolute Gasteiger partial charge is 0.270 e. The van der Waals surface area contributed by atoms with E-state index in [9.17, 15) is 0 Å². The van der Waals surface area contributed by atoms with Gasteiger partial charge in [0.05, 0.1) is 31.9 Å². The van der Waals surface area contributed by atoms with Gasteiger partial charge in [0.2, 0.25) is 0 Å². The molecule has 154 valence electrons. The van der Waals surface area contributed by atoms with Crippen LogP contribution in [0.5, 0.6) is 0 Å². The Morgan fingerprint density at radius 1 is 0.567 bits per heavy atom. The van der Waals surface area contributed by atoms with Gasteiger partial charge in [-0.3, -0.25) is 0 Å². The molecular formula is C27H32N3+. The second-order valence-corrected chi connectivity index (χ2v) is 8.84. The number of nitrogens with zero attached hydrogens (tertiary/aromatic N) is 3. The van der Waals surface area contributed by atoms with Crippen LogP contribution in [0.25, 0.3) is 21.5 Å². The first-order chi connectivity index (χ1) is 14.1. The number of aryl methyl sites for hydroxylation is 6. The van der Waals surface area contributed by atoms with Gasteiger partial charge in [-0.2, -0.15) is 0 Å². The lowest BCUT2D eigenvalue weighted by molar-refractivity contribution is -0.367. The van der Waals surface area contributed by atoms with Crippen LogP contribution in [0.1, 0.15) is 55.6 Å². The van der Waals surface area contributed by atoms with Gasteiger partial charge in [0.1, 0.15) is 0 Å². The molecule has 3 aromatic carbocycles. The number of hydrogen-bond donors (Lipinski definition) is 0. The quantitative estimate of drug-likeness (QED) is 0.255. The molecule has 0 atom stereocenters. The maximum atomic E-state index is 4.64. The van der Waals surface area contributed by atoms with Gasteiger partial charge in [-0.15, -0.1) is 9.98 Å². The fourth-order valence-electron chi connectivity index (χ4n) is 5.69. The molecule has 3 aromatic rings. The van der Waals surface area contributed by atoms with Crippen molar-refractivity contribution in [2.24, 2.45) is 9.98 Å². The predicted molar refractivity (Wildman–Crippen MR) is 132 cm³/mol. The lowest BCUT2D eigenvalue weighted by atomic mass is 9.80. The number of rotatable bonds is 0. The van der Waals surface area contributed by atoms with E-state index < -0.39 is 0 Å². The van der Waals surface area contributed by atoms with Gasteiger partial charge >= 0.3 is 0 Å². The van der Waals surface area contributed by atoms with E-state index in [1.54, 1.807) is 0 Å². The van der Waals surface area contributed by atoms with Crippen LogP contribution in [0.15, 0.2) is 9.98 Å². The molecular weight excluding hydrogens is 366 g/mol. The molecule has 0 unspecified atom stereocenters. The Morgan fingerprint density at radius 2 is 0.967 bits per heavy atom.